The maximum Gasteiger partial charge on any atom is 0.330 e. The molecule has 1 amide bonds. The van der Waals surface area contributed by atoms with Crippen molar-refractivity contribution < 1.29 is 4.79 Å². The van der Waals surface area contributed by atoms with Crippen LogP contribution in [0.4, 0.5) is 5.69 Å². The van der Waals surface area contributed by atoms with Crippen molar-refractivity contribution in [1.29, 1.82) is 0 Å². The summed E-state index contributed by atoms with van der Waals surface area (Å²) in [5.41, 5.74) is 4.86. The highest BCUT2D eigenvalue weighted by Gasteiger charge is 2.24. The van der Waals surface area contributed by atoms with E-state index in [1.165, 1.54) is 11.5 Å². The Hall–Kier alpha value is -3.53. The van der Waals surface area contributed by atoms with Crippen LogP contribution in [0, 0.1) is 5.41 Å². The van der Waals surface area contributed by atoms with Crippen LogP contribution in [0.5, 0.6) is 0 Å². The fourth-order valence-electron chi connectivity index (χ4n) is 4.49. The molecule has 1 saturated heterocycles. The number of carbonyl (C=O) groups is 1. The Morgan fingerprint density at radius 3 is 2.37 bits per heavy atom. The first-order chi connectivity index (χ1) is 16.7. The lowest BCUT2D eigenvalue weighted by Gasteiger charge is -2.35. The van der Waals surface area contributed by atoms with Crippen molar-refractivity contribution in [2.75, 3.05) is 31.1 Å². The van der Waals surface area contributed by atoms with Crippen molar-refractivity contribution in [1.82, 2.24) is 28.6 Å². The van der Waals surface area contributed by atoms with E-state index in [9.17, 15) is 9.59 Å². The van der Waals surface area contributed by atoms with E-state index in [-0.39, 0.29) is 17.0 Å². The zero-order valence-electron chi connectivity index (χ0n) is 20.4. The Balaban J connectivity index is 1.32. The molecule has 0 radical (unpaired) electrons. The third-order valence-corrected chi connectivity index (χ3v) is 6.79. The summed E-state index contributed by atoms with van der Waals surface area (Å²) in [6.45, 7) is 9.82. The van der Waals surface area contributed by atoms with Crippen molar-refractivity contribution in [2.45, 2.75) is 27.3 Å². The lowest BCUT2D eigenvalue weighted by atomic mass is 9.97. The van der Waals surface area contributed by atoms with Crippen molar-refractivity contribution in [3.05, 3.63) is 58.0 Å². The second-order valence-corrected chi connectivity index (χ2v) is 10.8. The second kappa shape index (κ2) is 8.92. The summed E-state index contributed by atoms with van der Waals surface area (Å²) in [6, 6.07) is 12.3. The van der Waals surface area contributed by atoms with E-state index in [4.69, 9.17) is 4.98 Å². The molecule has 3 aromatic heterocycles. The van der Waals surface area contributed by atoms with Crippen molar-refractivity contribution in [3.63, 3.8) is 0 Å². The molecule has 0 aliphatic carbocycles. The molecule has 9 nitrogen and oxygen atoms in total. The average Bonchev–Trinajstić information content (AvgIpc) is 3.47. The molecule has 182 valence electrons. The molecule has 0 atom stereocenters. The summed E-state index contributed by atoms with van der Waals surface area (Å²) in [5, 5.41) is 5.58. The van der Waals surface area contributed by atoms with E-state index in [0.717, 1.165) is 35.6 Å². The summed E-state index contributed by atoms with van der Waals surface area (Å²) in [4.78, 5) is 34.2. The molecule has 0 N–H and O–H groups in total. The Bertz CT molecular complexity index is 1410. The Morgan fingerprint density at radius 2 is 1.74 bits per heavy atom. The Kier molecular flexibility index (Phi) is 5.92. The predicted octanol–water partition coefficient (Wildman–Crippen LogP) is 3.26. The molecule has 1 aliphatic heterocycles. The standard InChI is InChI=1S/C25H29N7O2S/c1-25(2,3)16-32-21-10-9-19(26-22(21)29(4)24(32)34)17-5-7-18(8-6-17)30-11-13-31(14-12-30)23(33)20-15-35-28-27-20/h5-10,15H,11-14,16H2,1-4H3. The number of carbonyl (C=O) groups excluding carboxylic acids is 1. The van der Waals surface area contributed by atoms with Crippen LogP contribution in [0.2, 0.25) is 0 Å². The van der Waals surface area contributed by atoms with Crippen LogP contribution in [0.3, 0.4) is 0 Å². The third kappa shape index (κ3) is 4.58. The van der Waals surface area contributed by atoms with E-state index in [2.05, 4.69) is 59.5 Å². The number of anilines is 1. The molecule has 1 aromatic carbocycles. The van der Waals surface area contributed by atoms with Crippen LogP contribution < -0.4 is 10.6 Å². The van der Waals surface area contributed by atoms with Gasteiger partial charge in [-0.1, -0.05) is 37.4 Å². The van der Waals surface area contributed by atoms with Gasteiger partial charge in [0, 0.05) is 56.4 Å². The number of fused-ring (bicyclic) bond motifs is 1. The molecule has 35 heavy (non-hydrogen) atoms. The highest BCUT2D eigenvalue weighted by molar-refractivity contribution is 7.03. The van der Waals surface area contributed by atoms with Gasteiger partial charge in [-0.05, 0) is 41.2 Å². The van der Waals surface area contributed by atoms with Gasteiger partial charge in [-0.2, -0.15) is 0 Å². The van der Waals surface area contributed by atoms with Gasteiger partial charge in [0.15, 0.2) is 11.3 Å². The van der Waals surface area contributed by atoms with E-state index < -0.39 is 0 Å². The van der Waals surface area contributed by atoms with Crippen molar-refractivity contribution in [2.24, 2.45) is 12.5 Å². The van der Waals surface area contributed by atoms with E-state index in [0.29, 0.717) is 31.0 Å². The van der Waals surface area contributed by atoms with Crippen molar-refractivity contribution >= 4 is 34.3 Å². The molecule has 1 fully saturated rings. The van der Waals surface area contributed by atoms with Gasteiger partial charge in [0.1, 0.15) is 0 Å². The zero-order valence-corrected chi connectivity index (χ0v) is 21.2. The fraction of sp³-hybridized carbons (Fsp3) is 0.400. The van der Waals surface area contributed by atoms with Gasteiger partial charge in [0.2, 0.25) is 0 Å². The molecule has 0 saturated carbocycles. The molecule has 4 aromatic rings. The van der Waals surface area contributed by atoms with Crippen LogP contribution in [-0.2, 0) is 13.6 Å². The number of hydrogen-bond donors (Lipinski definition) is 0. The fourth-order valence-corrected chi connectivity index (χ4v) is 4.92. The number of amides is 1. The number of piperazine rings is 1. The van der Waals surface area contributed by atoms with Gasteiger partial charge in [-0.3, -0.25) is 13.9 Å². The van der Waals surface area contributed by atoms with E-state index in [1.807, 2.05) is 21.6 Å². The molecular formula is C25H29N7O2S. The summed E-state index contributed by atoms with van der Waals surface area (Å²) in [7, 11) is 1.78. The largest absolute Gasteiger partial charge is 0.368 e. The molecule has 1 aliphatic rings. The summed E-state index contributed by atoms with van der Waals surface area (Å²) in [6.07, 6.45) is 0. The monoisotopic (exact) mass is 491 g/mol. The van der Waals surface area contributed by atoms with Gasteiger partial charge in [-0.25, -0.2) is 9.78 Å². The van der Waals surface area contributed by atoms with Gasteiger partial charge in [0.05, 0.1) is 11.2 Å². The summed E-state index contributed by atoms with van der Waals surface area (Å²) >= 11 is 1.19. The van der Waals surface area contributed by atoms with E-state index in [1.54, 1.807) is 17.0 Å². The molecule has 0 unspecified atom stereocenters. The Morgan fingerprint density at radius 1 is 1.03 bits per heavy atom. The first kappa shape index (κ1) is 23.2. The zero-order chi connectivity index (χ0) is 24.7. The SMILES string of the molecule is Cn1c(=O)n(CC(C)(C)C)c2ccc(-c3ccc(N4CCN(C(=O)c5csnn5)CC4)cc3)nc21. The van der Waals surface area contributed by atoms with Gasteiger partial charge in [-0.15, -0.1) is 5.10 Å². The number of nitrogens with zero attached hydrogens (tertiary/aromatic N) is 7. The van der Waals surface area contributed by atoms with Crippen LogP contribution in [-0.4, -0.2) is 60.7 Å². The summed E-state index contributed by atoms with van der Waals surface area (Å²) in [5.74, 6) is -0.0547. The van der Waals surface area contributed by atoms with E-state index >= 15 is 0 Å². The van der Waals surface area contributed by atoms with Gasteiger partial charge < -0.3 is 9.80 Å². The van der Waals surface area contributed by atoms with Crippen LogP contribution in [0.1, 0.15) is 31.3 Å². The minimum Gasteiger partial charge on any atom is -0.368 e. The average molecular weight is 492 g/mol. The number of pyridine rings is 1. The highest BCUT2D eigenvalue weighted by Crippen LogP contribution is 2.26. The first-order valence-electron chi connectivity index (χ1n) is 11.7. The smallest absolute Gasteiger partial charge is 0.330 e. The maximum absolute atomic E-state index is 12.8. The van der Waals surface area contributed by atoms with Gasteiger partial charge >= 0.3 is 5.69 Å². The minimum absolute atomic E-state index is 0.0105. The number of aryl methyl sites for hydroxylation is 1. The quantitative estimate of drug-likeness (QED) is 0.435. The number of rotatable bonds is 4. The van der Waals surface area contributed by atoms with Gasteiger partial charge in [0.25, 0.3) is 5.91 Å². The summed E-state index contributed by atoms with van der Waals surface area (Å²) < 4.78 is 7.22. The molecule has 5 rings (SSSR count). The van der Waals surface area contributed by atoms with Crippen molar-refractivity contribution in [3.8, 4) is 11.3 Å². The number of hydrogen-bond acceptors (Lipinski definition) is 7. The second-order valence-electron chi connectivity index (χ2n) is 10.1. The first-order valence-corrected chi connectivity index (χ1v) is 12.5. The number of imidazole rings is 1. The van der Waals surface area contributed by atoms with Crippen LogP contribution >= 0.6 is 11.5 Å². The maximum atomic E-state index is 12.8. The minimum atomic E-state index is -0.0547. The molecule has 0 bridgehead atoms. The topological polar surface area (TPSA) is 89.2 Å². The lowest BCUT2D eigenvalue weighted by molar-refractivity contribution is 0.0741. The molecule has 0 spiro atoms. The molecule has 10 heteroatoms. The predicted molar refractivity (Wildman–Crippen MR) is 138 cm³/mol. The normalized spacial score (nSPS) is 14.6. The molecule has 4 heterocycles. The molecular weight excluding hydrogens is 462 g/mol. The third-order valence-electron chi connectivity index (χ3n) is 6.29. The van der Waals surface area contributed by atoms with Crippen LogP contribution in [0.15, 0.2) is 46.6 Å². The lowest BCUT2D eigenvalue weighted by Crippen LogP contribution is -2.48. The number of aromatic nitrogens is 5. The Labute approximate surface area is 207 Å². The van der Waals surface area contributed by atoms with Crippen LogP contribution in [0.25, 0.3) is 22.4 Å². The highest BCUT2D eigenvalue weighted by atomic mass is 32.1. The number of benzene rings is 1.